The third-order valence-corrected chi connectivity index (χ3v) is 1.25. The molecule has 0 aliphatic rings. The van der Waals surface area contributed by atoms with Gasteiger partial charge in [-0.15, -0.1) is 17.7 Å². The molecule has 1 rings (SSSR count). The van der Waals surface area contributed by atoms with Gasteiger partial charge in [-0.2, -0.15) is 12.2 Å². The summed E-state index contributed by atoms with van der Waals surface area (Å²) in [6, 6.07) is 9.26. The average molecular weight is 579 g/mol. The average Bonchev–Trinajstić information content (AvgIpc) is 2.63. The first kappa shape index (κ1) is 37.3. The van der Waals surface area contributed by atoms with E-state index in [4.69, 9.17) is 18.6 Å². The first-order chi connectivity index (χ1) is 9.84. The fraction of sp³-hybridized carbons (Fsp3) is 0. The van der Waals surface area contributed by atoms with Crippen molar-refractivity contribution < 1.29 is 68.5 Å². The first-order valence-electron chi connectivity index (χ1n) is 3.93. The second-order valence-electron chi connectivity index (χ2n) is 1.95. The summed E-state index contributed by atoms with van der Waals surface area (Å²) >= 11 is 3.90. The molecule has 0 saturated carbocycles. The number of hydrogen-bond acceptors (Lipinski definition) is 1. The predicted octanol–water partition coefficient (Wildman–Crippen LogP) is -0.453. The molecule has 0 saturated heterocycles. The zero-order valence-corrected chi connectivity index (χ0v) is 17.8. The van der Waals surface area contributed by atoms with Gasteiger partial charge >= 0.3 is 110 Å². The predicted molar refractivity (Wildman–Crippen MR) is 70.9 cm³/mol. The normalized spacial score (nSPS) is 4.86. The molecule has 0 amide bonds. The first-order valence-corrected chi connectivity index (χ1v) is 11.6. The van der Waals surface area contributed by atoms with E-state index in [9.17, 15) is 4.79 Å². The molecule has 0 atom stereocenters. The Labute approximate surface area is 167 Å². The van der Waals surface area contributed by atoms with Crippen molar-refractivity contribution in [3.63, 3.8) is 0 Å². The molecule has 0 radical (unpaired) electrons. The molecule has 0 fully saturated rings. The van der Waals surface area contributed by atoms with Crippen LogP contribution in [0.1, 0.15) is 5.56 Å². The number of halogens is 1. The Bertz CT molecular complexity index is 377. The molecule has 0 aliphatic carbocycles. The maximum atomic E-state index is 10.1. The summed E-state index contributed by atoms with van der Waals surface area (Å²) in [6.45, 7) is 21.5. The maximum Gasteiger partial charge on any atom is 1.00 e. The summed E-state index contributed by atoms with van der Waals surface area (Å²) in [5.41, 5.74) is 1.23. The van der Waals surface area contributed by atoms with Gasteiger partial charge in [0.2, 0.25) is 0 Å². The molecule has 0 N–H and O–H groups in total. The minimum Gasteiger partial charge on any atom is 1.00 e. The van der Waals surface area contributed by atoms with Gasteiger partial charge in [-0.3, -0.25) is 0 Å². The van der Waals surface area contributed by atoms with E-state index in [1.165, 1.54) is 0 Å². The Hall–Kier alpha value is -0.0177. The standard InChI is InChI=1S/C9H7O.4CO.HI.Na.Re/c1-8(7-10)9-5-3-2-4-6-9;4*1-2;;;/h2-6H,1H2;;;;;1H;;/q-1;;;;;;2*+1/p-1. The van der Waals surface area contributed by atoms with Crippen LogP contribution in [0.25, 0.3) is 5.57 Å². The van der Waals surface area contributed by atoms with Crippen LogP contribution in [0.2, 0.25) is 0 Å². The molecule has 0 unspecified atom stereocenters. The molecule has 0 aliphatic heterocycles. The van der Waals surface area contributed by atoms with Crippen LogP contribution in [0.5, 0.6) is 0 Å². The van der Waals surface area contributed by atoms with Crippen LogP contribution in [-0.2, 0) is 39.0 Å². The molecular formula is C13H7INaO5Re. The molecule has 8 heteroatoms. The zero-order valence-electron chi connectivity index (χ0n) is 10.9. The van der Waals surface area contributed by atoms with Crippen molar-refractivity contribution in [3.8, 4) is 0 Å². The Morgan fingerprint density at radius 3 is 1.48 bits per heavy atom. The number of hydrogen-bond donors (Lipinski definition) is 0. The van der Waals surface area contributed by atoms with E-state index >= 15 is 0 Å². The van der Waals surface area contributed by atoms with Crippen molar-refractivity contribution in [3.05, 3.63) is 69.1 Å². The fourth-order valence-electron chi connectivity index (χ4n) is 0.698. The summed E-state index contributed by atoms with van der Waals surface area (Å²) < 4.78 is 30.0. The largest absolute Gasteiger partial charge is 1.00 e. The molecule has 5 nitrogen and oxygen atoms in total. The van der Waals surface area contributed by atoms with E-state index in [-0.39, 0.29) is 29.6 Å². The summed E-state index contributed by atoms with van der Waals surface area (Å²) in [5, 5.41) is 0. The SMILES string of the molecule is C=C([C-]=O)c1ccccc1.[C-]#[O+].[C-]#[O+].[C-]#[O+].[C-]#[O+].[I][Re].[Na+]. The Morgan fingerprint density at radius 1 is 0.952 bits per heavy atom. The van der Waals surface area contributed by atoms with Crippen molar-refractivity contribution in [2.75, 3.05) is 0 Å². The molecule has 1 aromatic carbocycles. The third kappa shape index (κ3) is 33.1. The quantitative estimate of drug-likeness (QED) is 0.153. The molecule has 104 valence electrons. The van der Waals surface area contributed by atoms with Gasteiger partial charge < -0.3 is 4.79 Å². The summed E-state index contributed by atoms with van der Waals surface area (Å²) in [5.74, 6) is 0. The van der Waals surface area contributed by atoms with Crippen LogP contribution < -0.4 is 29.6 Å². The number of benzene rings is 1. The maximum absolute atomic E-state index is 10.1. The molecular weight excluding hydrogens is 572 g/mol. The van der Waals surface area contributed by atoms with E-state index < -0.39 is 0 Å². The van der Waals surface area contributed by atoms with Crippen LogP contribution in [0.4, 0.5) is 0 Å². The molecule has 0 aromatic heterocycles. The van der Waals surface area contributed by atoms with Crippen molar-refractivity contribution in [2.45, 2.75) is 0 Å². The van der Waals surface area contributed by atoms with Crippen LogP contribution >= 0.6 is 19.5 Å². The van der Waals surface area contributed by atoms with Gasteiger partial charge in [-0.1, -0.05) is 18.2 Å². The number of rotatable bonds is 2. The van der Waals surface area contributed by atoms with Crippen molar-refractivity contribution in [2.24, 2.45) is 0 Å². The van der Waals surface area contributed by atoms with Gasteiger partial charge in [0.15, 0.2) is 0 Å². The van der Waals surface area contributed by atoms with Gasteiger partial charge in [-0.25, -0.2) is 0 Å². The van der Waals surface area contributed by atoms with E-state index in [0.717, 1.165) is 5.56 Å². The van der Waals surface area contributed by atoms with Crippen LogP contribution in [0.15, 0.2) is 36.9 Å². The summed E-state index contributed by atoms with van der Waals surface area (Å²) in [7, 11) is 0. The van der Waals surface area contributed by atoms with Crippen molar-refractivity contribution in [1.82, 2.24) is 0 Å². The van der Waals surface area contributed by atoms with E-state index in [0.29, 0.717) is 5.57 Å². The van der Waals surface area contributed by atoms with Gasteiger partial charge in [0, 0.05) is 0 Å². The van der Waals surface area contributed by atoms with Gasteiger partial charge in [0.1, 0.15) is 0 Å². The summed E-state index contributed by atoms with van der Waals surface area (Å²) in [4.78, 5) is 10.1. The van der Waals surface area contributed by atoms with Crippen LogP contribution in [-0.4, -0.2) is 6.29 Å². The fourth-order valence-corrected chi connectivity index (χ4v) is 0.698. The third-order valence-electron chi connectivity index (χ3n) is 1.25. The molecule has 0 heterocycles. The summed E-state index contributed by atoms with van der Waals surface area (Å²) in [6.07, 6.45) is 1.74. The number of allylic oxidation sites excluding steroid dienone is 1. The van der Waals surface area contributed by atoms with Crippen LogP contribution in [0, 0.1) is 26.6 Å². The van der Waals surface area contributed by atoms with E-state index in [1.807, 2.05) is 30.3 Å². The molecule has 0 bridgehead atoms. The number of carbonyl (C=O) groups excluding carboxylic acids is 1. The van der Waals surface area contributed by atoms with Gasteiger partial charge in [0.05, 0.1) is 6.29 Å². The van der Waals surface area contributed by atoms with Crippen LogP contribution in [0.3, 0.4) is 0 Å². The second kappa shape index (κ2) is 50.1. The van der Waals surface area contributed by atoms with Crippen molar-refractivity contribution >= 4 is 31.4 Å². The minimum atomic E-state index is 0. The Balaban J connectivity index is -0.0000000440. The zero-order chi connectivity index (χ0) is 17.4. The van der Waals surface area contributed by atoms with Crippen molar-refractivity contribution in [1.29, 1.82) is 0 Å². The monoisotopic (exact) mass is 580 g/mol. The van der Waals surface area contributed by atoms with E-state index in [2.05, 4.69) is 52.7 Å². The van der Waals surface area contributed by atoms with Gasteiger partial charge in [-0.05, 0) is 0 Å². The Kier molecular flexibility index (Phi) is 89.1. The topological polar surface area (TPSA) is 96.7 Å². The minimum absolute atomic E-state index is 0. The smallest absolute Gasteiger partial charge is 1.00 e. The Morgan fingerprint density at radius 2 is 1.24 bits per heavy atom. The molecule has 21 heavy (non-hydrogen) atoms. The molecule has 1 aromatic rings. The van der Waals surface area contributed by atoms with Gasteiger partial charge in [0.25, 0.3) is 0 Å². The van der Waals surface area contributed by atoms with E-state index in [1.54, 1.807) is 21.9 Å². The molecule has 0 spiro atoms. The second-order valence-corrected chi connectivity index (χ2v) is 1.95.